The quantitative estimate of drug-likeness (QED) is 0.0330. The lowest BCUT2D eigenvalue weighted by atomic mass is 9.94. The van der Waals surface area contributed by atoms with Crippen molar-refractivity contribution in [2.24, 2.45) is 43.0 Å². The third-order valence-corrected chi connectivity index (χ3v) is 28.9. The van der Waals surface area contributed by atoms with Crippen LogP contribution in [0.5, 0.6) is 35.1 Å². The second kappa shape index (κ2) is 42.8. The maximum absolute atomic E-state index is 12.9. The Bertz CT molecular complexity index is 5590. The molecule has 15 N–H and O–H groups in total. The van der Waals surface area contributed by atoms with Crippen molar-refractivity contribution in [1.29, 1.82) is 0 Å². The molecule has 34 nitrogen and oxygen atoms in total. The third kappa shape index (κ3) is 27.8. The molecule has 0 fully saturated rings. The number of ether oxygens (including phenoxy) is 5. The molecule has 11 heterocycles. The highest BCUT2D eigenvalue weighted by atomic mass is 79.9. The van der Waals surface area contributed by atoms with E-state index < -0.39 is 36.2 Å². The summed E-state index contributed by atoms with van der Waals surface area (Å²) in [6, 6.07) is 9.93. The molecule has 5 aliphatic heterocycles. The lowest BCUT2D eigenvalue weighted by molar-refractivity contribution is 0.0857. The van der Waals surface area contributed by atoms with Crippen LogP contribution in [0.4, 0.5) is 16.2 Å². The van der Waals surface area contributed by atoms with Gasteiger partial charge in [0.05, 0.1) is 124 Å². The summed E-state index contributed by atoms with van der Waals surface area (Å²) in [6.45, 7) is 35.2. The maximum atomic E-state index is 12.9. The first-order valence-corrected chi connectivity index (χ1v) is 49.6. The number of carbonyl (C=O) groups is 1. The van der Waals surface area contributed by atoms with Gasteiger partial charge in [-0.3, -0.25) is 9.89 Å². The van der Waals surface area contributed by atoms with E-state index in [0.29, 0.717) is 44.9 Å². The van der Waals surface area contributed by atoms with E-state index in [0.717, 1.165) is 114 Å². The van der Waals surface area contributed by atoms with E-state index in [4.69, 9.17) is 83.8 Å². The van der Waals surface area contributed by atoms with E-state index in [9.17, 15) is 34.8 Å². The van der Waals surface area contributed by atoms with Crippen LogP contribution in [0.1, 0.15) is 167 Å². The lowest BCUT2D eigenvalue weighted by Crippen LogP contribution is -2.36. The summed E-state index contributed by atoms with van der Waals surface area (Å²) in [5.74, 6) is 2.11. The number of nitrogen functional groups attached to an aromatic ring is 1. The minimum atomic E-state index is -4.23. The molecule has 4 aliphatic carbocycles. The van der Waals surface area contributed by atoms with Gasteiger partial charge < -0.3 is 65.9 Å². The summed E-state index contributed by atoms with van der Waals surface area (Å²) >= 11 is 27.9. The number of aryl methyl sites for hydroxylation is 4. The number of primary sulfonamides is 1. The summed E-state index contributed by atoms with van der Waals surface area (Å²) in [4.78, 5) is 22.4. The molecular weight excluding hydrogens is 1960 g/mol. The molecule has 9 aromatic rings. The molecule has 2 amide bonds. The van der Waals surface area contributed by atoms with Crippen LogP contribution in [0.2, 0.25) is 15.1 Å². The van der Waals surface area contributed by atoms with Gasteiger partial charge in [0.1, 0.15) is 0 Å². The number of aromatic amines is 2. The Balaban J connectivity index is 0.000000185. The van der Waals surface area contributed by atoms with Crippen LogP contribution in [0.15, 0.2) is 97.5 Å². The van der Waals surface area contributed by atoms with Crippen molar-refractivity contribution in [3.05, 3.63) is 148 Å². The SMILES string of the molecule is CC(C)(CBr)CBr.CC(C)(CO)CO.CC1(C)COc2c(Br)cnn2C1.CC1(C)COc2c(S(=O)(=O)NC(=O)Nc3c4c(cc5c3CCC5)CCC4)cnn2C1.CC1(C)COc2c(S(=O)(=O)Oc3c(Cl)cc(Cl)cc3Cl)cnn2C1.CC1(C)COc2c(S(N)(=O)=O)cnn2C1.CC1(C)COc2ccnn2C1.N.Nc1c2c(cc3c1CCC3)CCC2.O.O=c1cc[nH][nH]1. The highest BCUT2D eigenvalue weighted by Crippen LogP contribution is 2.44. The number of hydrogen-bond acceptors (Lipinski definition) is 23. The molecule has 127 heavy (non-hydrogen) atoms. The molecule has 0 bridgehead atoms. The average Bonchev–Trinajstić information content (AvgIpc) is 1.68. The van der Waals surface area contributed by atoms with Crippen LogP contribution < -0.4 is 60.5 Å². The zero-order valence-electron chi connectivity index (χ0n) is 74.2. The number of anilines is 2. The van der Waals surface area contributed by atoms with Crippen LogP contribution >= 0.6 is 82.6 Å². The van der Waals surface area contributed by atoms with Gasteiger partial charge in [-0.05, 0) is 155 Å². The molecule has 0 radical (unpaired) electrons. The highest BCUT2D eigenvalue weighted by molar-refractivity contribution is 9.10. The monoisotopic (exact) mass is 2080 g/mol. The number of rotatable bonds is 11. The number of urea groups is 1. The predicted molar refractivity (Wildman–Crippen MR) is 500 cm³/mol. The summed E-state index contributed by atoms with van der Waals surface area (Å²) < 4.78 is 117. The van der Waals surface area contributed by atoms with Crippen LogP contribution in [0.25, 0.3) is 0 Å². The van der Waals surface area contributed by atoms with Crippen molar-refractivity contribution < 1.29 is 73.6 Å². The molecular formula is C84H121Br3Cl3N17O17S3. The Morgan fingerprint density at radius 2 is 0.937 bits per heavy atom. The zero-order chi connectivity index (χ0) is 91.8. The fourth-order valence-electron chi connectivity index (χ4n) is 14.4. The molecule has 9 aliphatic rings. The van der Waals surface area contributed by atoms with Crippen molar-refractivity contribution >= 4 is 130 Å². The Morgan fingerprint density at radius 3 is 1.34 bits per heavy atom. The van der Waals surface area contributed by atoms with Gasteiger partial charge in [0.2, 0.25) is 39.4 Å². The minimum absolute atomic E-state index is 0. The molecule has 18 rings (SSSR count). The molecule has 0 saturated heterocycles. The van der Waals surface area contributed by atoms with E-state index in [1.54, 1.807) is 32.4 Å². The first-order valence-electron chi connectivity index (χ1n) is 41.0. The van der Waals surface area contributed by atoms with Gasteiger partial charge >= 0.3 is 16.1 Å². The molecule has 0 unspecified atom stereocenters. The number of sulfonamides is 2. The van der Waals surface area contributed by atoms with Gasteiger partial charge in [-0.15, -0.1) is 0 Å². The number of carbonyl (C=O) groups excluding carboxylic acids is 1. The second-order valence-corrected chi connectivity index (χ2v) is 45.6. The van der Waals surface area contributed by atoms with Crippen molar-refractivity contribution in [2.75, 3.05) is 68.0 Å². The number of nitrogens with zero attached hydrogens (tertiary/aromatic N) is 10. The molecule has 0 spiro atoms. The van der Waals surface area contributed by atoms with Crippen LogP contribution in [-0.4, -0.2) is 163 Å². The zero-order valence-corrected chi connectivity index (χ0v) is 83.7. The fraction of sp³-hybridized carbons (Fsp3) is 0.560. The minimum Gasteiger partial charge on any atom is -0.477 e. The average molecular weight is 2080 g/mol. The number of aliphatic hydroxyl groups excluding tert-OH is 2. The van der Waals surface area contributed by atoms with Crippen molar-refractivity contribution in [2.45, 2.75) is 221 Å². The number of H-pyrrole nitrogens is 2. The topological polar surface area (TPSA) is 496 Å². The normalized spacial score (nSPS) is 17.2. The van der Waals surface area contributed by atoms with E-state index in [2.05, 4.69) is 147 Å². The van der Waals surface area contributed by atoms with Gasteiger partial charge in [0, 0.05) is 77.9 Å². The van der Waals surface area contributed by atoms with E-state index in [1.807, 2.05) is 57.0 Å². The largest absolute Gasteiger partial charge is 0.477 e. The number of benzene rings is 3. The number of aliphatic hydroxyl groups is 2. The maximum Gasteiger partial charge on any atom is 0.346 e. The first kappa shape index (κ1) is 105. The summed E-state index contributed by atoms with van der Waals surface area (Å²) in [7, 11) is -12.1. The van der Waals surface area contributed by atoms with Gasteiger partial charge in [0.15, 0.2) is 20.4 Å². The van der Waals surface area contributed by atoms with Crippen molar-refractivity contribution in [3.63, 3.8) is 0 Å². The highest BCUT2D eigenvalue weighted by Gasteiger charge is 2.39. The van der Waals surface area contributed by atoms with Crippen molar-refractivity contribution in [1.82, 2.24) is 70.0 Å². The van der Waals surface area contributed by atoms with Crippen molar-refractivity contribution in [3.8, 4) is 35.1 Å². The Kier molecular flexibility index (Phi) is 35.4. The third-order valence-electron chi connectivity index (χ3n) is 21.2. The second-order valence-electron chi connectivity index (χ2n) is 37.7. The standard InChI is InChI=1S/C21H26N4O4S.C14H13Cl3N2O4S.C12H15N.C8H11BrN2O.C8H13N3O3S.C8H12N2O.C5H10Br2.C5H12O2.C3H4N2O.H3N.H2O/c1-21(2)11-25-19(29-12-21)17(10-22-25)30(27,28)24-20(26)23-18-15-7-3-5-13(15)9-14-6-4-8-16(14)18;1-14(2)6-19-13(22-7-14)11(5-18-19)24(20,21)23-12-9(16)3-8(15)4-10(12)17;13-12-10-5-1-3-8(10)7-9-4-2-6-11(9)12;1-8(2)4-11-7(12-5-8)6(9)3-10-11;1-8(2)4-11-7(14-5-8)6(3-10-11)15(9,12)13;1-8(2)5-10-7(11-6-8)3-4-9-10;2*1-5(2,3-6)4-7;6-3-1-2-4-5-3;;/h9-10H,3-8,11-12H2,1-2H3,(H2,23,24,26);3-5H,6-7H2,1-2H3;7H,1-6,13H2;3H,4-5H2,1-2H3;3H,4-5H2,1-2H3,(H2,9,12,13);3-4H,5-6H2,1-2H3;3-4H2,1-2H3;6-7H,3-4H2,1-2H3;1-2H,(H2,4,5,6);1H3;1H2. The van der Waals surface area contributed by atoms with Gasteiger partial charge in [-0.25, -0.2) is 54.9 Å². The Labute approximate surface area is 783 Å². The van der Waals surface area contributed by atoms with E-state index >= 15 is 0 Å². The van der Waals surface area contributed by atoms with Gasteiger partial charge in [0.25, 0.3) is 15.6 Å². The molecule has 3 aromatic carbocycles. The number of nitrogens with one attached hydrogen (secondary N) is 4. The van der Waals surface area contributed by atoms with Gasteiger partial charge in [-0.2, -0.15) is 33.9 Å². The van der Waals surface area contributed by atoms with Crippen LogP contribution in [0.3, 0.4) is 0 Å². The first-order chi connectivity index (χ1) is 58.4. The Hall–Kier alpha value is -7.45. The predicted octanol–water partition coefficient (Wildman–Crippen LogP) is 14.2. The molecule has 0 saturated carbocycles. The summed E-state index contributed by atoms with van der Waals surface area (Å²) in [5.41, 5.74) is 19.1. The van der Waals surface area contributed by atoms with Gasteiger partial charge in [-0.1, -0.05) is 176 Å². The van der Waals surface area contributed by atoms with Crippen LogP contribution in [0, 0.1) is 37.9 Å². The van der Waals surface area contributed by atoms with Crippen LogP contribution in [-0.2, 0) is 114 Å². The summed E-state index contributed by atoms with van der Waals surface area (Å²) in [5, 5.41) is 52.4. The Morgan fingerprint density at radius 1 is 0.551 bits per heavy atom. The number of amides is 2. The van der Waals surface area contributed by atoms with E-state index in [-0.39, 0.29) is 116 Å². The molecule has 43 heteroatoms. The number of fused-ring (bicyclic) bond motifs is 9. The number of halogens is 6. The van der Waals surface area contributed by atoms with E-state index in [1.165, 1.54) is 123 Å². The number of nitrogens with two attached hydrogens (primary N) is 2. The fourth-order valence-corrected chi connectivity index (χ4v) is 19.4. The molecule has 704 valence electrons. The molecule has 6 aromatic heterocycles. The molecule has 0 atom stereocenters. The number of hydrogen-bond donors (Lipinski definition) is 9. The smallest absolute Gasteiger partial charge is 0.346 e. The number of aromatic nitrogens is 12. The lowest BCUT2D eigenvalue weighted by Gasteiger charge is -2.30. The summed E-state index contributed by atoms with van der Waals surface area (Å²) in [6.07, 6.45) is 22.3. The number of alkyl halides is 2.